The summed E-state index contributed by atoms with van der Waals surface area (Å²) >= 11 is 1.47. The van der Waals surface area contributed by atoms with Crippen LogP contribution in [-0.2, 0) is 36.0 Å². The molecule has 1 aliphatic carbocycles. The van der Waals surface area contributed by atoms with E-state index >= 15 is 0 Å². The van der Waals surface area contributed by atoms with Crippen LogP contribution in [0, 0.1) is 17.2 Å². The molecule has 2 atom stereocenters. The number of benzene rings is 1. The van der Waals surface area contributed by atoms with E-state index in [0.29, 0.717) is 30.1 Å². The van der Waals surface area contributed by atoms with Crippen LogP contribution in [0.15, 0.2) is 42.9 Å². The first kappa shape index (κ1) is 24.5. The molecule has 2 amide bonds. The smallest absolute Gasteiger partial charge is 0.407 e. The second kappa shape index (κ2) is 11.2. The van der Waals surface area contributed by atoms with Gasteiger partial charge >= 0.3 is 6.09 Å². The van der Waals surface area contributed by atoms with E-state index in [-0.39, 0.29) is 17.7 Å². The van der Waals surface area contributed by atoms with Crippen LogP contribution in [0.4, 0.5) is 9.80 Å². The van der Waals surface area contributed by atoms with Gasteiger partial charge in [-0.15, -0.1) is 11.3 Å². The lowest BCUT2D eigenvalue weighted by molar-refractivity contribution is -0.116. The predicted molar refractivity (Wildman–Crippen MR) is 134 cm³/mol. The Kier molecular flexibility index (Phi) is 7.83. The molecule has 0 bridgehead atoms. The van der Waals surface area contributed by atoms with Crippen molar-refractivity contribution in [3.05, 3.63) is 70.1 Å². The molecule has 182 valence electrons. The van der Waals surface area contributed by atoms with E-state index in [2.05, 4.69) is 21.7 Å². The average Bonchev–Trinajstić information content (AvgIpc) is 3.43. The topological polar surface area (TPSA) is 109 Å². The lowest BCUT2D eigenvalue weighted by Crippen LogP contribution is -2.28. The molecule has 2 aromatic heterocycles. The number of ether oxygens (including phenoxy) is 1. The molecule has 0 radical (unpaired) electrons. The molecule has 3 aromatic rings. The van der Waals surface area contributed by atoms with Crippen LogP contribution in [0.5, 0.6) is 0 Å². The van der Waals surface area contributed by atoms with Crippen LogP contribution in [0.25, 0.3) is 0 Å². The summed E-state index contributed by atoms with van der Waals surface area (Å²) < 4.78 is 7.28. The number of carbonyl (C=O) groups excluding carboxylic acids is 2. The molecular formula is C26H29N5O3S. The molecule has 0 saturated heterocycles. The summed E-state index contributed by atoms with van der Waals surface area (Å²) in [5.74, 6) is 0.167. The highest BCUT2D eigenvalue weighted by Gasteiger charge is 2.27. The molecule has 4 rings (SSSR count). The highest BCUT2D eigenvalue weighted by atomic mass is 32.1. The van der Waals surface area contributed by atoms with Crippen molar-refractivity contribution in [3.63, 3.8) is 0 Å². The first-order chi connectivity index (χ1) is 16.9. The fourth-order valence-electron chi connectivity index (χ4n) is 4.32. The third-order valence-corrected chi connectivity index (χ3v) is 7.54. The molecule has 35 heavy (non-hydrogen) atoms. The highest BCUT2D eigenvalue weighted by Crippen LogP contribution is 2.39. The Bertz CT molecular complexity index is 1230. The van der Waals surface area contributed by atoms with Gasteiger partial charge in [0.2, 0.25) is 5.91 Å². The normalized spacial score (nSPS) is 15.5. The van der Waals surface area contributed by atoms with E-state index < -0.39 is 6.09 Å². The SMILES string of the molecule is CC(CC(=O)Nc1sc2c(c1C#N)CCC(COC(=O)NCc1cncn1C)C2)c1ccccc1. The molecule has 0 aliphatic heterocycles. The number of imidazole rings is 1. The summed E-state index contributed by atoms with van der Waals surface area (Å²) in [5, 5.41) is 16.1. The van der Waals surface area contributed by atoms with Gasteiger partial charge in [-0.2, -0.15) is 5.26 Å². The number of nitriles is 1. The molecular weight excluding hydrogens is 462 g/mol. The van der Waals surface area contributed by atoms with Crippen LogP contribution < -0.4 is 10.6 Å². The Morgan fingerprint density at radius 2 is 2.14 bits per heavy atom. The van der Waals surface area contributed by atoms with E-state index in [1.165, 1.54) is 11.3 Å². The zero-order chi connectivity index (χ0) is 24.8. The molecule has 2 unspecified atom stereocenters. The minimum atomic E-state index is -0.457. The zero-order valence-corrected chi connectivity index (χ0v) is 20.7. The van der Waals surface area contributed by atoms with E-state index in [9.17, 15) is 14.9 Å². The maximum Gasteiger partial charge on any atom is 0.407 e. The van der Waals surface area contributed by atoms with Crippen molar-refractivity contribution in [1.82, 2.24) is 14.9 Å². The van der Waals surface area contributed by atoms with Gasteiger partial charge in [-0.3, -0.25) is 4.79 Å². The fraction of sp³-hybridized carbons (Fsp3) is 0.385. The molecule has 2 N–H and O–H groups in total. The number of fused-ring (bicyclic) bond motifs is 1. The summed E-state index contributed by atoms with van der Waals surface area (Å²) in [7, 11) is 1.87. The van der Waals surface area contributed by atoms with Crippen LogP contribution in [0.1, 0.15) is 52.9 Å². The molecule has 9 heteroatoms. The van der Waals surface area contributed by atoms with Crippen molar-refractivity contribution in [1.29, 1.82) is 5.26 Å². The van der Waals surface area contributed by atoms with Crippen LogP contribution in [0.3, 0.4) is 0 Å². The number of nitrogens with zero attached hydrogens (tertiary/aromatic N) is 3. The van der Waals surface area contributed by atoms with Crippen molar-refractivity contribution in [3.8, 4) is 6.07 Å². The molecule has 0 fully saturated rings. The lowest BCUT2D eigenvalue weighted by atomic mass is 9.88. The number of thiophene rings is 1. The Balaban J connectivity index is 1.31. The minimum absolute atomic E-state index is 0.0851. The average molecular weight is 492 g/mol. The van der Waals surface area contributed by atoms with E-state index in [1.54, 1.807) is 12.5 Å². The minimum Gasteiger partial charge on any atom is -0.449 e. The van der Waals surface area contributed by atoms with Gasteiger partial charge in [-0.05, 0) is 42.2 Å². The number of hydrogen-bond acceptors (Lipinski definition) is 6. The standard InChI is InChI=1S/C26H29N5O3S/c1-17(19-6-4-3-5-7-19)10-24(32)30-25-22(12-27)21-9-8-18(11-23(21)35-25)15-34-26(33)29-14-20-13-28-16-31(20)2/h3-7,13,16-18H,8-11,14-15H2,1-2H3,(H,29,33)(H,30,32). The first-order valence-corrected chi connectivity index (χ1v) is 12.5. The number of hydrogen-bond donors (Lipinski definition) is 2. The Morgan fingerprint density at radius 3 is 2.86 bits per heavy atom. The van der Waals surface area contributed by atoms with Crippen molar-refractivity contribution in [2.24, 2.45) is 13.0 Å². The number of aryl methyl sites for hydroxylation is 1. The van der Waals surface area contributed by atoms with Crippen LogP contribution in [0.2, 0.25) is 0 Å². The van der Waals surface area contributed by atoms with Gasteiger partial charge < -0.3 is 19.9 Å². The van der Waals surface area contributed by atoms with Crippen molar-refractivity contribution >= 4 is 28.3 Å². The van der Waals surface area contributed by atoms with Gasteiger partial charge in [-0.1, -0.05) is 37.3 Å². The fourth-order valence-corrected chi connectivity index (χ4v) is 5.65. The monoisotopic (exact) mass is 491 g/mol. The zero-order valence-electron chi connectivity index (χ0n) is 19.9. The molecule has 0 saturated carbocycles. The van der Waals surface area contributed by atoms with Gasteiger partial charge in [0, 0.05) is 24.5 Å². The van der Waals surface area contributed by atoms with Gasteiger partial charge in [-0.25, -0.2) is 9.78 Å². The molecule has 0 spiro atoms. The largest absolute Gasteiger partial charge is 0.449 e. The first-order valence-electron chi connectivity index (χ1n) is 11.7. The number of alkyl carbamates (subject to hydrolysis) is 1. The molecule has 2 heterocycles. The predicted octanol–water partition coefficient (Wildman–Crippen LogP) is 4.52. The Labute approximate surface area is 208 Å². The maximum atomic E-state index is 12.7. The second-order valence-electron chi connectivity index (χ2n) is 8.94. The molecule has 1 aliphatic rings. The third-order valence-electron chi connectivity index (χ3n) is 6.37. The molecule has 8 nitrogen and oxygen atoms in total. The van der Waals surface area contributed by atoms with Crippen LogP contribution >= 0.6 is 11.3 Å². The number of anilines is 1. The van der Waals surface area contributed by atoms with E-state index in [1.807, 2.05) is 48.9 Å². The summed E-state index contributed by atoms with van der Waals surface area (Å²) in [6, 6.07) is 12.2. The highest BCUT2D eigenvalue weighted by molar-refractivity contribution is 7.16. The third kappa shape index (κ3) is 6.08. The summed E-state index contributed by atoms with van der Waals surface area (Å²) in [4.78, 5) is 29.9. The van der Waals surface area contributed by atoms with Crippen molar-refractivity contribution in [2.75, 3.05) is 11.9 Å². The maximum absolute atomic E-state index is 12.7. The van der Waals surface area contributed by atoms with Crippen LogP contribution in [-0.4, -0.2) is 28.2 Å². The molecule has 1 aromatic carbocycles. The Hall–Kier alpha value is -3.64. The second-order valence-corrected chi connectivity index (χ2v) is 10.0. The number of aromatic nitrogens is 2. The van der Waals surface area contributed by atoms with Gasteiger partial charge in [0.25, 0.3) is 0 Å². The van der Waals surface area contributed by atoms with Gasteiger partial charge in [0.15, 0.2) is 0 Å². The number of nitrogens with one attached hydrogen (secondary N) is 2. The lowest BCUT2D eigenvalue weighted by Gasteiger charge is -2.21. The number of amides is 2. The summed E-state index contributed by atoms with van der Waals surface area (Å²) in [5.41, 5.74) is 3.58. The summed E-state index contributed by atoms with van der Waals surface area (Å²) in [6.45, 7) is 2.69. The number of rotatable bonds is 8. The van der Waals surface area contributed by atoms with Gasteiger partial charge in [0.1, 0.15) is 11.1 Å². The Morgan fingerprint density at radius 1 is 1.34 bits per heavy atom. The van der Waals surface area contributed by atoms with E-state index in [4.69, 9.17) is 4.74 Å². The van der Waals surface area contributed by atoms with E-state index in [0.717, 1.165) is 41.0 Å². The number of carbonyl (C=O) groups is 2. The van der Waals surface area contributed by atoms with Crippen molar-refractivity contribution < 1.29 is 14.3 Å². The van der Waals surface area contributed by atoms with Crippen molar-refractivity contribution in [2.45, 2.75) is 45.1 Å². The quantitative estimate of drug-likeness (QED) is 0.482. The summed E-state index contributed by atoms with van der Waals surface area (Å²) in [6.07, 6.45) is 5.55. The van der Waals surface area contributed by atoms with Gasteiger partial charge in [0.05, 0.1) is 30.7 Å².